The van der Waals surface area contributed by atoms with Crippen molar-refractivity contribution in [3.63, 3.8) is 0 Å². The van der Waals surface area contributed by atoms with Crippen molar-refractivity contribution in [1.29, 1.82) is 0 Å². The number of nitrogens with zero attached hydrogens (tertiary/aromatic N) is 1. The van der Waals surface area contributed by atoms with Gasteiger partial charge in [0, 0.05) is 17.7 Å². The zero-order valence-corrected chi connectivity index (χ0v) is 15.6. The lowest BCUT2D eigenvalue weighted by Crippen LogP contribution is -2.44. The minimum absolute atomic E-state index is 0.0342. The lowest BCUT2D eigenvalue weighted by atomic mass is 9.94. The van der Waals surface area contributed by atoms with Crippen molar-refractivity contribution in [2.45, 2.75) is 31.9 Å². The van der Waals surface area contributed by atoms with Crippen LogP contribution in [0.1, 0.15) is 41.8 Å². The van der Waals surface area contributed by atoms with Crippen molar-refractivity contribution in [1.82, 2.24) is 10.2 Å². The summed E-state index contributed by atoms with van der Waals surface area (Å²) in [4.78, 5) is 14.4. The van der Waals surface area contributed by atoms with Crippen LogP contribution in [0.15, 0.2) is 42.5 Å². The number of ether oxygens (including phenoxy) is 1. The summed E-state index contributed by atoms with van der Waals surface area (Å²) in [6, 6.07) is 13.5. The number of hydrogen-bond donors (Lipinski definition) is 2. The van der Waals surface area contributed by atoms with Crippen LogP contribution in [0.3, 0.4) is 0 Å². The Kier molecular flexibility index (Phi) is 5.14. The molecule has 142 valence electrons. The fourth-order valence-corrected chi connectivity index (χ4v) is 4.04. The van der Waals surface area contributed by atoms with Crippen LogP contribution in [0, 0.1) is 0 Å². The third-order valence-electron chi connectivity index (χ3n) is 5.51. The van der Waals surface area contributed by atoms with Crippen molar-refractivity contribution in [2.75, 3.05) is 26.2 Å². The summed E-state index contributed by atoms with van der Waals surface area (Å²) in [6.45, 7) is 5.09. The van der Waals surface area contributed by atoms with E-state index >= 15 is 0 Å². The molecule has 0 spiro atoms. The van der Waals surface area contributed by atoms with E-state index in [-0.39, 0.29) is 11.9 Å². The molecule has 2 aromatic rings. The number of hydrogen-bond acceptors (Lipinski definition) is 4. The molecule has 2 atom stereocenters. The molecule has 0 saturated carbocycles. The molecule has 0 bridgehead atoms. The Labute approximate surface area is 160 Å². The molecule has 2 aliphatic heterocycles. The third-order valence-corrected chi connectivity index (χ3v) is 5.51. The van der Waals surface area contributed by atoms with Gasteiger partial charge in [-0.2, -0.15) is 0 Å². The first-order valence-electron chi connectivity index (χ1n) is 9.75. The Balaban J connectivity index is 1.59. The van der Waals surface area contributed by atoms with E-state index in [2.05, 4.69) is 10.2 Å². The summed E-state index contributed by atoms with van der Waals surface area (Å²) < 4.78 is 6.02. The molecule has 2 N–H and O–H groups in total. The van der Waals surface area contributed by atoms with Gasteiger partial charge >= 0.3 is 0 Å². The van der Waals surface area contributed by atoms with Crippen LogP contribution >= 0.6 is 0 Å². The van der Waals surface area contributed by atoms with Gasteiger partial charge in [-0.3, -0.25) is 9.69 Å². The maximum absolute atomic E-state index is 12.1. The number of fused-ring (bicyclic) bond motifs is 1. The summed E-state index contributed by atoms with van der Waals surface area (Å²) in [7, 11) is 0. The molecule has 5 heteroatoms. The van der Waals surface area contributed by atoms with Gasteiger partial charge in [0.25, 0.3) is 5.91 Å². The van der Waals surface area contributed by atoms with E-state index in [1.54, 1.807) is 0 Å². The van der Waals surface area contributed by atoms with E-state index in [4.69, 9.17) is 4.74 Å². The van der Waals surface area contributed by atoms with Crippen molar-refractivity contribution < 1.29 is 14.6 Å². The molecule has 1 saturated heterocycles. The van der Waals surface area contributed by atoms with E-state index < -0.39 is 6.10 Å². The highest BCUT2D eigenvalue weighted by atomic mass is 16.5. The second-order valence-electron chi connectivity index (χ2n) is 7.26. The van der Waals surface area contributed by atoms with E-state index in [1.807, 2.05) is 49.4 Å². The fraction of sp³-hybridized carbons (Fsp3) is 0.409. The lowest BCUT2D eigenvalue weighted by molar-refractivity contribution is 0.0140. The van der Waals surface area contributed by atoms with Crippen molar-refractivity contribution in [3.05, 3.63) is 53.6 Å². The Morgan fingerprint density at radius 2 is 1.96 bits per heavy atom. The maximum Gasteiger partial charge on any atom is 0.251 e. The van der Waals surface area contributed by atoms with Crippen LogP contribution < -0.4 is 10.1 Å². The quantitative estimate of drug-likeness (QED) is 0.873. The molecule has 4 rings (SSSR count). The van der Waals surface area contributed by atoms with Gasteiger partial charge in [-0.25, -0.2) is 0 Å². The minimum atomic E-state index is -0.525. The van der Waals surface area contributed by atoms with Gasteiger partial charge in [-0.1, -0.05) is 24.3 Å². The summed E-state index contributed by atoms with van der Waals surface area (Å²) >= 11 is 0. The van der Waals surface area contributed by atoms with Crippen LogP contribution in [-0.4, -0.2) is 48.2 Å². The molecule has 2 aromatic carbocycles. The number of benzene rings is 2. The number of likely N-dealkylation sites (tertiary alicyclic amines) is 1. The van der Waals surface area contributed by atoms with Gasteiger partial charge < -0.3 is 15.2 Å². The number of carbonyl (C=O) groups is 1. The molecule has 27 heavy (non-hydrogen) atoms. The second kappa shape index (κ2) is 7.71. The Bertz CT molecular complexity index is 830. The van der Waals surface area contributed by atoms with Gasteiger partial charge in [0.1, 0.15) is 18.5 Å². The predicted molar refractivity (Wildman–Crippen MR) is 105 cm³/mol. The normalized spacial score (nSPS) is 22.1. The van der Waals surface area contributed by atoms with Gasteiger partial charge in [-0.05, 0) is 62.2 Å². The van der Waals surface area contributed by atoms with Crippen LogP contribution in [0.5, 0.6) is 5.75 Å². The largest absolute Gasteiger partial charge is 0.491 e. The highest BCUT2D eigenvalue weighted by Gasteiger charge is 2.34. The summed E-state index contributed by atoms with van der Waals surface area (Å²) in [5, 5.41) is 13.7. The van der Waals surface area contributed by atoms with Crippen molar-refractivity contribution in [3.8, 4) is 16.9 Å². The van der Waals surface area contributed by atoms with Crippen LogP contribution in [-0.2, 0) is 0 Å². The summed E-state index contributed by atoms with van der Waals surface area (Å²) in [5.74, 6) is 0.663. The van der Waals surface area contributed by atoms with Gasteiger partial charge in [0.2, 0.25) is 0 Å². The van der Waals surface area contributed by atoms with Crippen molar-refractivity contribution >= 4 is 5.91 Å². The number of carbonyl (C=O) groups excluding carboxylic acids is 1. The van der Waals surface area contributed by atoms with Gasteiger partial charge in [-0.15, -0.1) is 0 Å². The SMILES string of the molecule is CCNC(=O)c1cccc(-c2ccc3c(c2)OCC(N2CCCC2)C3O)c1. The monoisotopic (exact) mass is 366 g/mol. The zero-order valence-electron chi connectivity index (χ0n) is 15.6. The van der Waals surface area contributed by atoms with Crippen LogP contribution in [0.25, 0.3) is 11.1 Å². The maximum atomic E-state index is 12.1. The number of amides is 1. The summed E-state index contributed by atoms with van der Waals surface area (Å²) in [6.07, 6.45) is 1.86. The highest BCUT2D eigenvalue weighted by Crippen LogP contribution is 2.38. The predicted octanol–water partition coefficient (Wildman–Crippen LogP) is 2.99. The van der Waals surface area contributed by atoms with Crippen LogP contribution in [0.4, 0.5) is 0 Å². The Morgan fingerprint density at radius 1 is 1.19 bits per heavy atom. The van der Waals surface area contributed by atoms with Crippen molar-refractivity contribution in [2.24, 2.45) is 0 Å². The molecule has 2 aliphatic rings. The molecule has 0 aliphatic carbocycles. The highest BCUT2D eigenvalue weighted by molar-refractivity contribution is 5.95. The smallest absolute Gasteiger partial charge is 0.251 e. The number of aliphatic hydroxyl groups excluding tert-OH is 1. The van der Waals surface area contributed by atoms with E-state index in [9.17, 15) is 9.90 Å². The molecule has 0 aromatic heterocycles. The Hall–Kier alpha value is -2.37. The molecule has 1 fully saturated rings. The Morgan fingerprint density at radius 3 is 2.74 bits per heavy atom. The first kappa shape index (κ1) is 18.0. The standard InChI is InChI=1S/C22H26N2O3/c1-2-23-22(26)17-7-5-6-15(12-17)16-8-9-18-20(13-16)27-14-19(21(18)25)24-10-3-4-11-24/h5-9,12-13,19,21,25H,2-4,10-11,14H2,1H3,(H,23,26). The molecular formula is C22H26N2O3. The number of nitrogens with one attached hydrogen (secondary N) is 1. The molecule has 2 heterocycles. The van der Waals surface area contributed by atoms with E-state index in [1.165, 1.54) is 12.8 Å². The third kappa shape index (κ3) is 3.57. The molecule has 1 amide bonds. The fourth-order valence-electron chi connectivity index (χ4n) is 4.04. The van der Waals surface area contributed by atoms with E-state index in [0.29, 0.717) is 18.7 Å². The molecular weight excluding hydrogens is 340 g/mol. The first-order valence-corrected chi connectivity index (χ1v) is 9.75. The molecule has 2 unspecified atom stereocenters. The molecule has 0 radical (unpaired) electrons. The van der Waals surface area contributed by atoms with Crippen LogP contribution in [0.2, 0.25) is 0 Å². The van der Waals surface area contributed by atoms with Gasteiger partial charge in [0.05, 0.1) is 6.04 Å². The average Bonchev–Trinajstić information content (AvgIpc) is 3.23. The first-order chi connectivity index (χ1) is 13.2. The lowest BCUT2D eigenvalue weighted by Gasteiger charge is -2.36. The minimum Gasteiger partial charge on any atom is -0.491 e. The molecule has 5 nitrogen and oxygen atoms in total. The second-order valence-corrected chi connectivity index (χ2v) is 7.26. The number of aliphatic hydroxyl groups is 1. The average molecular weight is 366 g/mol. The van der Waals surface area contributed by atoms with E-state index in [0.717, 1.165) is 35.5 Å². The topological polar surface area (TPSA) is 61.8 Å². The summed E-state index contributed by atoms with van der Waals surface area (Å²) in [5.41, 5.74) is 3.43. The zero-order chi connectivity index (χ0) is 18.8. The number of rotatable bonds is 4. The van der Waals surface area contributed by atoms with Gasteiger partial charge in [0.15, 0.2) is 0 Å².